The fraction of sp³-hybridized carbons (Fsp3) is 0.643. The van der Waals surface area contributed by atoms with Crippen LogP contribution >= 0.6 is 0 Å². The molecule has 0 aromatic carbocycles. The average Bonchev–Trinajstić information content (AvgIpc) is 2.39. The molecule has 1 aromatic heterocycles. The average molecular weight is 248 g/mol. The van der Waals surface area contributed by atoms with E-state index in [2.05, 4.69) is 53.3 Å². The van der Waals surface area contributed by atoms with Gasteiger partial charge in [0, 0.05) is 26.2 Å². The van der Waals surface area contributed by atoms with Gasteiger partial charge in [0.25, 0.3) is 0 Å². The van der Waals surface area contributed by atoms with Crippen LogP contribution in [0.2, 0.25) is 0 Å². The first-order valence-electron chi connectivity index (χ1n) is 6.83. The lowest BCUT2D eigenvalue weighted by Gasteiger charge is -2.36. The minimum atomic E-state index is 0.577. The van der Waals surface area contributed by atoms with Gasteiger partial charge in [-0.05, 0) is 45.5 Å². The van der Waals surface area contributed by atoms with Crippen LogP contribution in [0, 0.1) is 0 Å². The monoisotopic (exact) mass is 248 g/mol. The van der Waals surface area contributed by atoms with Crippen LogP contribution in [0.15, 0.2) is 18.2 Å². The van der Waals surface area contributed by atoms with E-state index in [0.29, 0.717) is 6.04 Å². The van der Waals surface area contributed by atoms with Crippen molar-refractivity contribution in [3.05, 3.63) is 18.2 Å². The number of aromatic nitrogens is 1. The van der Waals surface area contributed by atoms with Crippen molar-refractivity contribution in [2.75, 3.05) is 43.9 Å². The molecule has 4 nitrogen and oxygen atoms in total. The molecule has 0 bridgehead atoms. The molecule has 0 aliphatic carbocycles. The van der Waals surface area contributed by atoms with Crippen LogP contribution in [0.4, 0.5) is 11.6 Å². The van der Waals surface area contributed by atoms with E-state index in [1.807, 2.05) is 6.07 Å². The Morgan fingerprint density at radius 3 is 3.06 bits per heavy atom. The van der Waals surface area contributed by atoms with Gasteiger partial charge >= 0.3 is 0 Å². The molecule has 1 atom stereocenters. The molecule has 1 unspecified atom stereocenters. The zero-order chi connectivity index (χ0) is 13.0. The third-order valence-electron chi connectivity index (χ3n) is 3.60. The summed E-state index contributed by atoms with van der Waals surface area (Å²) in [6.45, 7) is 5.35. The van der Waals surface area contributed by atoms with Crippen LogP contribution in [0.25, 0.3) is 0 Å². The minimum Gasteiger partial charge on any atom is -0.370 e. The van der Waals surface area contributed by atoms with Gasteiger partial charge in [-0.3, -0.25) is 0 Å². The van der Waals surface area contributed by atoms with Crippen molar-refractivity contribution in [2.45, 2.75) is 25.8 Å². The minimum absolute atomic E-state index is 0.577. The first-order valence-corrected chi connectivity index (χ1v) is 6.83. The molecule has 0 radical (unpaired) electrons. The summed E-state index contributed by atoms with van der Waals surface area (Å²) >= 11 is 0. The fourth-order valence-corrected chi connectivity index (χ4v) is 2.54. The van der Waals surface area contributed by atoms with Crippen LogP contribution in [-0.4, -0.2) is 49.7 Å². The van der Waals surface area contributed by atoms with Crippen LogP contribution in [-0.2, 0) is 0 Å². The maximum Gasteiger partial charge on any atom is 0.130 e. The fourth-order valence-electron chi connectivity index (χ4n) is 2.54. The largest absolute Gasteiger partial charge is 0.370 e. The Kier molecular flexibility index (Phi) is 4.42. The zero-order valence-electron chi connectivity index (χ0n) is 11.7. The summed E-state index contributed by atoms with van der Waals surface area (Å²) in [4.78, 5) is 9.38. The molecule has 1 saturated heterocycles. The Balaban J connectivity index is 2.07. The van der Waals surface area contributed by atoms with E-state index in [-0.39, 0.29) is 0 Å². The molecule has 100 valence electrons. The highest BCUT2D eigenvalue weighted by molar-refractivity contribution is 5.47. The highest BCUT2D eigenvalue weighted by Crippen LogP contribution is 2.20. The van der Waals surface area contributed by atoms with Crippen molar-refractivity contribution < 1.29 is 0 Å². The highest BCUT2D eigenvalue weighted by atomic mass is 15.2. The molecule has 1 aliphatic heterocycles. The van der Waals surface area contributed by atoms with Crippen molar-refractivity contribution in [1.82, 2.24) is 9.88 Å². The van der Waals surface area contributed by atoms with Crippen LogP contribution in [0.3, 0.4) is 0 Å². The molecule has 1 aromatic rings. The van der Waals surface area contributed by atoms with Gasteiger partial charge in [0.05, 0.1) is 0 Å². The number of hydrogen-bond acceptors (Lipinski definition) is 4. The number of rotatable bonds is 4. The van der Waals surface area contributed by atoms with Gasteiger partial charge in [-0.15, -0.1) is 0 Å². The van der Waals surface area contributed by atoms with Crippen LogP contribution in [0.1, 0.15) is 19.8 Å². The van der Waals surface area contributed by atoms with E-state index < -0.39 is 0 Å². The Morgan fingerprint density at radius 1 is 1.50 bits per heavy atom. The summed E-state index contributed by atoms with van der Waals surface area (Å²) in [5.41, 5.74) is 0. The smallest absolute Gasteiger partial charge is 0.130 e. The van der Waals surface area contributed by atoms with E-state index >= 15 is 0 Å². The summed E-state index contributed by atoms with van der Waals surface area (Å²) in [5.74, 6) is 2.03. The van der Waals surface area contributed by atoms with Gasteiger partial charge in [0.15, 0.2) is 0 Å². The molecule has 18 heavy (non-hydrogen) atoms. The van der Waals surface area contributed by atoms with Gasteiger partial charge in [-0.1, -0.05) is 6.07 Å². The van der Waals surface area contributed by atoms with Gasteiger partial charge in [0.1, 0.15) is 11.6 Å². The first kappa shape index (κ1) is 13.1. The van der Waals surface area contributed by atoms with E-state index in [1.54, 1.807) is 0 Å². The summed E-state index contributed by atoms with van der Waals surface area (Å²) in [6, 6.07) is 6.76. The topological polar surface area (TPSA) is 31.4 Å². The lowest BCUT2D eigenvalue weighted by atomic mass is 10.1. The summed E-state index contributed by atoms with van der Waals surface area (Å²) in [7, 11) is 4.35. The third-order valence-corrected chi connectivity index (χ3v) is 3.60. The quantitative estimate of drug-likeness (QED) is 0.883. The Hall–Kier alpha value is -1.29. The van der Waals surface area contributed by atoms with Gasteiger partial charge < -0.3 is 15.1 Å². The second-order valence-corrected chi connectivity index (χ2v) is 5.08. The second kappa shape index (κ2) is 6.05. The molecular formula is C14H24N4. The van der Waals surface area contributed by atoms with Gasteiger partial charge in [0.2, 0.25) is 0 Å². The predicted octanol–water partition coefficient (Wildman–Crippen LogP) is 2.04. The molecule has 2 rings (SSSR count). The van der Waals surface area contributed by atoms with Crippen molar-refractivity contribution >= 4 is 11.6 Å². The lowest BCUT2D eigenvalue weighted by molar-refractivity contribution is 0.247. The molecule has 2 heterocycles. The number of likely N-dealkylation sites (tertiary alicyclic amines) is 1. The first-order chi connectivity index (χ1) is 8.70. The molecule has 1 aliphatic rings. The maximum atomic E-state index is 4.66. The standard InChI is InChI=1S/C14H24N4/c1-4-15-13-8-5-9-14(16-13)18(3)12-7-6-10-17(2)11-12/h5,8-9,12H,4,6-7,10-11H2,1-3H3,(H,15,16). The molecule has 1 N–H and O–H groups in total. The van der Waals surface area contributed by atoms with Crippen molar-refractivity contribution in [3.63, 3.8) is 0 Å². The third kappa shape index (κ3) is 3.13. The Bertz CT molecular complexity index is 380. The van der Waals surface area contributed by atoms with Gasteiger partial charge in [-0.25, -0.2) is 4.98 Å². The summed E-state index contributed by atoms with van der Waals surface area (Å²) < 4.78 is 0. The number of nitrogens with zero attached hydrogens (tertiary/aromatic N) is 3. The number of nitrogens with one attached hydrogen (secondary N) is 1. The van der Waals surface area contributed by atoms with Crippen LogP contribution < -0.4 is 10.2 Å². The summed E-state index contributed by atoms with van der Waals surface area (Å²) in [6.07, 6.45) is 2.53. The Morgan fingerprint density at radius 2 is 2.33 bits per heavy atom. The lowest BCUT2D eigenvalue weighted by Crippen LogP contribution is -2.45. The van der Waals surface area contributed by atoms with E-state index in [9.17, 15) is 0 Å². The number of pyridine rings is 1. The van der Waals surface area contributed by atoms with Crippen molar-refractivity contribution in [3.8, 4) is 0 Å². The second-order valence-electron chi connectivity index (χ2n) is 5.08. The number of anilines is 2. The number of likely N-dealkylation sites (N-methyl/N-ethyl adjacent to an activating group) is 2. The maximum absolute atomic E-state index is 4.66. The van der Waals surface area contributed by atoms with E-state index in [0.717, 1.165) is 24.7 Å². The van der Waals surface area contributed by atoms with Gasteiger partial charge in [-0.2, -0.15) is 0 Å². The molecule has 0 spiro atoms. The SMILES string of the molecule is CCNc1cccc(N(C)C2CCCN(C)C2)n1. The normalized spacial score (nSPS) is 20.7. The zero-order valence-corrected chi connectivity index (χ0v) is 11.7. The highest BCUT2D eigenvalue weighted by Gasteiger charge is 2.21. The molecule has 0 saturated carbocycles. The molecule has 1 fully saturated rings. The summed E-state index contributed by atoms with van der Waals surface area (Å²) in [5, 5.41) is 3.27. The predicted molar refractivity (Wildman–Crippen MR) is 77.3 cm³/mol. The van der Waals surface area contributed by atoms with E-state index in [4.69, 9.17) is 0 Å². The molecule has 4 heteroatoms. The molecular weight excluding hydrogens is 224 g/mol. The Labute approximate surface area is 110 Å². The van der Waals surface area contributed by atoms with Crippen molar-refractivity contribution in [2.24, 2.45) is 0 Å². The molecule has 0 amide bonds. The van der Waals surface area contributed by atoms with E-state index in [1.165, 1.54) is 19.4 Å². The van der Waals surface area contributed by atoms with Crippen LogP contribution in [0.5, 0.6) is 0 Å². The number of hydrogen-bond donors (Lipinski definition) is 1. The van der Waals surface area contributed by atoms with Crippen molar-refractivity contribution in [1.29, 1.82) is 0 Å². The number of piperidine rings is 1.